The van der Waals surface area contributed by atoms with Gasteiger partial charge in [-0.3, -0.25) is 14.9 Å². The summed E-state index contributed by atoms with van der Waals surface area (Å²) in [6.07, 6.45) is 0. The van der Waals surface area contributed by atoms with Gasteiger partial charge in [0.1, 0.15) is 0 Å². The van der Waals surface area contributed by atoms with Crippen LogP contribution in [-0.2, 0) is 0 Å². The van der Waals surface area contributed by atoms with Gasteiger partial charge in [0.15, 0.2) is 0 Å². The van der Waals surface area contributed by atoms with Crippen LogP contribution < -0.4 is 11.0 Å². The Balaban J connectivity index is 1.83. The molecule has 0 unspecified atom stereocenters. The van der Waals surface area contributed by atoms with Crippen molar-refractivity contribution in [1.82, 2.24) is 8.94 Å². The number of nitrogens with zero attached hydrogens (tertiary/aromatic N) is 2. The van der Waals surface area contributed by atoms with E-state index in [0.29, 0.717) is 10.4 Å². The molecule has 0 aliphatic rings. The molecule has 0 aliphatic heterocycles. The molecule has 2 aromatic heterocycles. The topological polar surface area (TPSA) is 81.1 Å². The van der Waals surface area contributed by atoms with Crippen molar-refractivity contribution in [2.24, 2.45) is 0 Å². The number of amides is 1. The molecule has 0 spiro atoms. The zero-order valence-corrected chi connectivity index (χ0v) is 12.7. The van der Waals surface area contributed by atoms with E-state index in [-0.39, 0.29) is 11.0 Å². The van der Waals surface area contributed by atoms with Gasteiger partial charge < -0.3 is 0 Å². The Bertz CT molecular complexity index is 866. The van der Waals surface area contributed by atoms with Gasteiger partial charge in [-0.05, 0) is 35.1 Å². The van der Waals surface area contributed by atoms with E-state index >= 15 is 0 Å². The normalized spacial score (nSPS) is 10.4. The molecule has 1 amide bonds. The molecule has 0 atom stereocenters. The van der Waals surface area contributed by atoms with Gasteiger partial charge in [-0.2, -0.15) is 8.94 Å². The minimum Gasteiger partial charge on any atom is -0.297 e. The van der Waals surface area contributed by atoms with E-state index in [1.54, 1.807) is 47.8 Å². The van der Waals surface area contributed by atoms with Crippen LogP contribution >= 0.6 is 22.9 Å². The summed E-state index contributed by atoms with van der Waals surface area (Å²) in [5.74, 6) is -0.831. The van der Waals surface area contributed by atoms with Crippen LogP contribution in [0.1, 0.15) is 20.0 Å². The summed E-state index contributed by atoms with van der Waals surface area (Å²) >= 11 is 2.04. The van der Waals surface area contributed by atoms with Crippen molar-refractivity contribution in [3.63, 3.8) is 0 Å². The maximum atomic E-state index is 12.1. The Morgan fingerprint density at radius 2 is 1.86 bits per heavy atom. The highest BCUT2D eigenvalue weighted by Crippen LogP contribution is 2.15. The average molecular weight is 331 g/mol. The summed E-state index contributed by atoms with van der Waals surface area (Å²) in [7, 11) is 0. The first kappa shape index (κ1) is 14.4. The van der Waals surface area contributed by atoms with Gasteiger partial charge in [-0.25, -0.2) is 4.79 Å². The van der Waals surface area contributed by atoms with Gasteiger partial charge in [0.25, 0.3) is 11.8 Å². The lowest BCUT2D eigenvalue weighted by Gasteiger charge is -2.00. The third-order valence-corrected chi connectivity index (χ3v) is 4.45. The lowest BCUT2D eigenvalue weighted by molar-refractivity contribution is 0.0970. The van der Waals surface area contributed by atoms with Crippen LogP contribution in [0.5, 0.6) is 0 Å². The molecule has 2 heterocycles. The highest BCUT2D eigenvalue weighted by atomic mass is 32.1. The minimum atomic E-state index is -0.702. The maximum absolute atomic E-state index is 12.1. The minimum absolute atomic E-state index is 0.0868. The lowest BCUT2D eigenvalue weighted by Crippen LogP contribution is -2.22. The zero-order valence-electron chi connectivity index (χ0n) is 11.1. The largest absolute Gasteiger partial charge is 0.367 e. The standard InChI is InChI=1S/C14H9N3O3S2/c18-11(9-5-2-1-3-6-9)15-13-16-14(20)17(22-13)12(19)10-7-4-8-21-10/h1-8H,(H,15,16,18,20). The molecule has 8 heteroatoms. The Labute approximate surface area is 132 Å². The SMILES string of the molecule is O=C(Nc1nc(=O)n(C(=O)c2cccs2)s1)c1ccccc1. The number of nitrogens with one attached hydrogen (secondary N) is 1. The summed E-state index contributed by atoms with van der Waals surface area (Å²) in [6.45, 7) is 0. The first-order valence-corrected chi connectivity index (χ1v) is 7.85. The van der Waals surface area contributed by atoms with Crippen molar-refractivity contribution in [3.05, 3.63) is 68.8 Å². The number of hydrogen-bond acceptors (Lipinski definition) is 6. The van der Waals surface area contributed by atoms with Gasteiger partial charge in [-0.1, -0.05) is 24.3 Å². The van der Waals surface area contributed by atoms with E-state index in [9.17, 15) is 14.4 Å². The Morgan fingerprint density at radius 1 is 1.09 bits per heavy atom. The average Bonchev–Trinajstić information content (AvgIpc) is 3.17. The second-order valence-corrected chi connectivity index (χ2v) is 6.07. The number of hydrogen-bond donors (Lipinski definition) is 1. The van der Waals surface area contributed by atoms with E-state index < -0.39 is 11.6 Å². The van der Waals surface area contributed by atoms with E-state index in [1.165, 1.54) is 11.3 Å². The number of carbonyl (C=O) groups is 2. The van der Waals surface area contributed by atoms with Crippen LogP contribution in [0.25, 0.3) is 0 Å². The second kappa shape index (κ2) is 6.04. The number of rotatable bonds is 3. The van der Waals surface area contributed by atoms with Gasteiger partial charge in [0.05, 0.1) is 4.88 Å². The first-order chi connectivity index (χ1) is 10.6. The van der Waals surface area contributed by atoms with Gasteiger partial charge in [-0.15, -0.1) is 11.3 Å². The molecule has 0 saturated carbocycles. The molecule has 3 rings (SSSR count). The first-order valence-electron chi connectivity index (χ1n) is 6.20. The van der Waals surface area contributed by atoms with E-state index in [1.807, 2.05) is 0 Å². The van der Waals surface area contributed by atoms with Crippen molar-refractivity contribution in [3.8, 4) is 0 Å². The molecule has 0 radical (unpaired) electrons. The Hall–Kier alpha value is -2.58. The third-order valence-electron chi connectivity index (χ3n) is 2.72. The van der Waals surface area contributed by atoms with Crippen molar-refractivity contribution in [2.45, 2.75) is 0 Å². The molecule has 22 heavy (non-hydrogen) atoms. The molecule has 3 aromatic rings. The zero-order chi connectivity index (χ0) is 15.5. The van der Waals surface area contributed by atoms with Crippen LogP contribution in [0.15, 0.2) is 52.6 Å². The van der Waals surface area contributed by atoms with Gasteiger partial charge in [0.2, 0.25) is 5.13 Å². The number of aromatic nitrogens is 2. The van der Waals surface area contributed by atoms with Crippen molar-refractivity contribution in [2.75, 3.05) is 5.32 Å². The lowest BCUT2D eigenvalue weighted by atomic mass is 10.2. The van der Waals surface area contributed by atoms with E-state index in [0.717, 1.165) is 15.5 Å². The molecule has 0 aliphatic carbocycles. The molecule has 1 aromatic carbocycles. The van der Waals surface area contributed by atoms with Gasteiger partial charge in [0, 0.05) is 5.56 Å². The molecule has 110 valence electrons. The number of anilines is 1. The Morgan fingerprint density at radius 3 is 2.55 bits per heavy atom. The molecular weight excluding hydrogens is 322 g/mol. The fraction of sp³-hybridized carbons (Fsp3) is 0. The van der Waals surface area contributed by atoms with Crippen LogP contribution in [-0.4, -0.2) is 20.8 Å². The molecular formula is C14H9N3O3S2. The predicted octanol–water partition coefficient (Wildman–Crippen LogP) is 2.31. The van der Waals surface area contributed by atoms with Gasteiger partial charge >= 0.3 is 5.69 Å². The molecule has 6 nitrogen and oxygen atoms in total. The number of thiophene rings is 1. The van der Waals surface area contributed by atoms with Crippen LogP contribution in [0.2, 0.25) is 0 Å². The summed E-state index contributed by atoms with van der Waals surface area (Å²) in [6, 6.07) is 11.9. The fourth-order valence-electron chi connectivity index (χ4n) is 1.72. The summed E-state index contributed by atoms with van der Waals surface area (Å²) in [5.41, 5.74) is -0.256. The third kappa shape index (κ3) is 2.87. The molecule has 1 N–H and O–H groups in total. The highest BCUT2D eigenvalue weighted by Gasteiger charge is 2.17. The second-order valence-electron chi connectivity index (χ2n) is 4.19. The Kier molecular flexibility index (Phi) is 3.94. The monoisotopic (exact) mass is 331 g/mol. The quantitative estimate of drug-likeness (QED) is 0.798. The number of benzene rings is 1. The van der Waals surface area contributed by atoms with Crippen molar-refractivity contribution >= 4 is 39.8 Å². The maximum Gasteiger partial charge on any atom is 0.367 e. The summed E-state index contributed by atoms with van der Waals surface area (Å²) in [5, 5.41) is 4.35. The summed E-state index contributed by atoms with van der Waals surface area (Å²) in [4.78, 5) is 40.0. The molecule has 0 saturated heterocycles. The van der Waals surface area contributed by atoms with E-state index in [4.69, 9.17) is 0 Å². The molecule has 0 fully saturated rings. The highest BCUT2D eigenvalue weighted by molar-refractivity contribution is 7.14. The number of carbonyl (C=O) groups excluding carboxylic acids is 2. The summed E-state index contributed by atoms with van der Waals surface area (Å²) < 4.78 is 0.923. The van der Waals surface area contributed by atoms with Crippen LogP contribution in [0.4, 0.5) is 5.13 Å². The van der Waals surface area contributed by atoms with Crippen LogP contribution in [0, 0.1) is 0 Å². The van der Waals surface area contributed by atoms with Crippen LogP contribution in [0.3, 0.4) is 0 Å². The van der Waals surface area contributed by atoms with Crippen molar-refractivity contribution in [1.29, 1.82) is 0 Å². The van der Waals surface area contributed by atoms with Crippen molar-refractivity contribution < 1.29 is 9.59 Å². The van der Waals surface area contributed by atoms with E-state index in [2.05, 4.69) is 10.3 Å². The smallest absolute Gasteiger partial charge is 0.297 e. The predicted molar refractivity (Wildman–Crippen MR) is 84.8 cm³/mol. The molecule has 0 bridgehead atoms. The fourth-order valence-corrected chi connectivity index (χ4v) is 3.16.